The number of rotatable bonds is 8. The lowest BCUT2D eigenvalue weighted by molar-refractivity contribution is 0.583. The quantitative estimate of drug-likeness (QED) is 0.727. The van der Waals surface area contributed by atoms with Gasteiger partial charge in [-0.3, -0.25) is 4.68 Å². The minimum atomic E-state index is 0. The highest BCUT2D eigenvalue weighted by molar-refractivity contribution is 5.85. The van der Waals surface area contributed by atoms with Crippen molar-refractivity contribution in [3.63, 3.8) is 0 Å². The lowest BCUT2D eigenvalue weighted by atomic mass is 10.1. The van der Waals surface area contributed by atoms with Crippen LogP contribution in [0.4, 0.5) is 0 Å². The van der Waals surface area contributed by atoms with E-state index >= 15 is 0 Å². The van der Waals surface area contributed by atoms with Gasteiger partial charge in [-0.05, 0) is 19.9 Å². The topological polar surface area (TPSA) is 29.9 Å². The summed E-state index contributed by atoms with van der Waals surface area (Å²) in [4.78, 5) is 0. The third kappa shape index (κ3) is 6.69. The molecule has 0 unspecified atom stereocenters. The average Bonchev–Trinajstić information content (AvgIpc) is 2.56. The first-order chi connectivity index (χ1) is 7.74. The number of hydrogen-bond acceptors (Lipinski definition) is 2. The molecule has 1 rings (SSSR count). The van der Waals surface area contributed by atoms with Crippen LogP contribution in [-0.4, -0.2) is 16.3 Å². The zero-order valence-electron chi connectivity index (χ0n) is 11.3. The molecular weight excluding hydrogens is 234 g/mol. The maximum absolute atomic E-state index is 4.33. The van der Waals surface area contributed by atoms with Gasteiger partial charge in [0.05, 0.1) is 5.69 Å². The van der Waals surface area contributed by atoms with E-state index in [1.54, 1.807) is 0 Å². The number of nitrogens with zero attached hydrogens (tertiary/aromatic N) is 2. The molecular formula is C13H26ClN3. The molecule has 0 bridgehead atoms. The zero-order valence-corrected chi connectivity index (χ0v) is 12.1. The van der Waals surface area contributed by atoms with Crippen LogP contribution >= 0.6 is 12.4 Å². The maximum Gasteiger partial charge on any atom is 0.0638 e. The first-order valence-corrected chi connectivity index (χ1v) is 6.44. The van der Waals surface area contributed by atoms with Crippen molar-refractivity contribution in [2.75, 3.05) is 6.54 Å². The molecule has 0 atom stereocenters. The normalized spacial score (nSPS) is 10.3. The lowest BCUT2D eigenvalue weighted by Crippen LogP contribution is -2.14. The van der Waals surface area contributed by atoms with E-state index in [9.17, 15) is 0 Å². The Balaban J connectivity index is 0.00000256. The second-order valence-electron chi connectivity index (χ2n) is 4.50. The Morgan fingerprint density at radius 1 is 1.24 bits per heavy atom. The number of halogens is 1. The summed E-state index contributed by atoms with van der Waals surface area (Å²) < 4.78 is 1.88. The van der Waals surface area contributed by atoms with Gasteiger partial charge in [-0.2, -0.15) is 5.10 Å². The van der Waals surface area contributed by atoms with Crippen LogP contribution in [0, 0.1) is 6.92 Å². The van der Waals surface area contributed by atoms with Crippen molar-refractivity contribution in [1.82, 2.24) is 15.1 Å². The molecule has 4 heteroatoms. The van der Waals surface area contributed by atoms with E-state index in [0.29, 0.717) is 0 Å². The molecule has 1 heterocycles. The fourth-order valence-corrected chi connectivity index (χ4v) is 1.90. The number of aryl methyl sites for hydroxylation is 2. The van der Waals surface area contributed by atoms with E-state index < -0.39 is 0 Å². The van der Waals surface area contributed by atoms with Gasteiger partial charge in [0.1, 0.15) is 0 Å². The minimum Gasteiger partial charge on any atom is -0.313 e. The summed E-state index contributed by atoms with van der Waals surface area (Å²) in [6.07, 6.45) is 8.82. The van der Waals surface area contributed by atoms with Crippen LogP contribution in [-0.2, 0) is 13.6 Å². The molecule has 0 fully saturated rings. The maximum atomic E-state index is 4.33. The van der Waals surface area contributed by atoms with Gasteiger partial charge in [0.2, 0.25) is 0 Å². The highest BCUT2D eigenvalue weighted by Gasteiger charge is 2.01. The Hall–Kier alpha value is -0.540. The van der Waals surface area contributed by atoms with Crippen molar-refractivity contribution < 1.29 is 0 Å². The SMILES string of the molecule is CCCCCCCNCc1cn(C)nc1C.Cl. The van der Waals surface area contributed by atoms with Crippen LogP contribution in [0.5, 0.6) is 0 Å². The van der Waals surface area contributed by atoms with E-state index in [1.165, 1.54) is 37.7 Å². The van der Waals surface area contributed by atoms with Crippen LogP contribution in [0.15, 0.2) is 6.20 Å². The summed E-state index contributed by atoms with van der Waals surface area (Å²) in [6, 6.07) is 0. The van der Waals surface area contributed by atoms with Crippen molar-refractivity contribution in [2.24, 2.45) is 7.05 Å². The highest BCUT2D eigenvalue weighted by Crippen LogP contribution is 2.04. The summed E-state index contributed by atoms with van der Waals surface area (Å²) >= 11 is 0. The van der Waals surface area contributed by atoms with Crippen LogP contribution in [0.25, 0.3) is 0 Å². The molecule has 17 heavy (non-hydrogen) atoms. The van der Waals surface area contributed by atoms with E-state index in [1.807, 2.05) is 11.7 Å². The van der Waals surface area contributed by atoms with Gasteiger partial charge in [-0.15, -0.1) is 12.4 Å². The zero-order chi connectivity index (χ0) is 11.8. The van der Waals surface area contributed by atoms with E-state index in [0.717, 1.165) is 18.8 Å². The lowest BCUT2D eigenvalue weighted by Gasteiger charge is -2.03. The van der Waals surface area contributed by atoms with Gasteiger partial charge in [0.15, 0.2) is 0 Å². The van der Waals surface area contributed by atoms with Crippen LogP contribution in [0.2, 0.25) is 0 Å². The summed E-state index contributed by atoms with van der Waals surface area (Å²) in [6.45, 7) is 6.40. The third-order valence-corrected chi connectivity index (χ3v) is 2.89. The fourth-order valence-electron chi connectivity index (χ4n) is 1.90. The molecule has 0 spiro atoms. The molecule has 3 nitrogen and oxygen atoms in total. The summed E-state index contributed by atoms with van der Waals surface area (Å²) in [5.74, 6) is 0. The molecule has 0 amide bonds. The van der Waals surface area contributed by atoms with Gasteiger partial charge in [-0.1, -0.05) is 32.6 Å². The molecule has 0 radical (unpaired) electrons. The summed E-state index contributed by atoms with van der Waals surface area (Å²) in [5.41, 5.74) is 2.46. The third-order valence-electron chi connectivity index (χ3n) is 2.89. The molecule has 0 saturated heterocycles. The second-order valence-corrected chi connectivity index (χ2v) is 4.50. The van der Waals surface area contributed by atoms with Gasteiger partial charge >= 0.3 is 0 Å². The summed E-state index contributed by atoms with van der Waals surface area (Å²) in [7, 11) is 1.97. The predicted octanol–water partition coefficient (Wildman–Crippen LogP) is 3.21. The predicted molar refractivity (Wildman–Crippen MR) is 75.7 cm³/mol. The number of aromatic nitrogens is 2. The molecule has 1 aromatic rings. The summed E-state index contributed by atoms with van der Waals surface area (Å²) in [5, 5.41) is 7.81. The Labute approximate surface area is 111 Å². The van der Waals surface area contributed by atoms with Crippen molar-refractivity contribution >= 4 is 12.4 Å². The van der Waals surface area contributed by atoms with E-state index in [4.69, 9.17) is 0 Å². The molecule has 1 aromatic heterocycles. The Bertz CT molecular complexity index is 297. The van der Waals surface area contributed by atoms with Crippen molar-refractivity contribution in [3.8, 4) is 0 Å². The Morgan fingerprint density at radius 3 is 2.53 bits per heavy atom. The Kier molecular flexibility index (Phi) is 9.18. The van der Waals surface area contributed by atoms with Gasteiger partial charge < -0.3 is 5.32 Å². The van der Waals surface area contributed by atoms with Crippen molar-refractivity contribution in [1.29, 1.82) is 0 Å². The molecule has 0 aliphatic heterocycles. The standard InChI is InChI=1S/C13H25N3.ClH/c1-4-5-6-7-8-9-14-10-13-11-16(3)15-12(13)2;/h11,14H,4-10H2,1-3H3;1H. The van der Waals surface area contributed by atoms with Crippen LogP contribution < -0.4 is 5.32 Å². The van der Waals surface area contributed by atoms with E-state index in [2.05, 4.69) is 30.5 Å². The van der Waals surface area contributed by atoms with Gasteiger partial charge in [-0.25, -0.2) is 0 Å². The van der Waals surface area contributed by atoms with E-state index in [-0.39, 0.29) is 12.4 Å². The Morgan fingerprint density at radius 2 is 1.94 bits per heavy atom. The monoisotopic (exact) mass is 259 g/mol. The first-order valence-electron chi connectivity index (χ1n) is 6.44. The van der Waals surface area contributed by atoms with Gasteiger partial charge in [0, 0.05) is 25.4 Å². The minimum absolute atomic E-state index is 0. The largest absolute Gasteiger partial charge is 0.313 e. The molecule has 0 aliphatic rings. The molecule has 0 saturated carbocycles. The van der Waals surface area contributed by atoms with Crippen molar-refractivity contribution in [2.45, 2.75) is 52.5 Å². The fraction of sp³-hybridized carbons (Fsp3) is 0.769. The highest BCUT2D eigenvalue weighted by atomic mass is 35.5. The second kappa shape index (κ2) is 9.49. The number of hydrogen-bond donors (Lipinski definition) is 1. The number of nitrogens with one attached hydrogen (secondary N) is 1. The molecule has 0 aromatic carbocycles. The molecule has 100 valence electrons. The van der Waals surface area contributed by atoms with Crippen LogP contribution in [0.3, 0.4) is 0 Å². The molecule has 1 N–H and O–H groups in total. The van der Waals surface area contributed by atoms with Crippen molar-refractivity contribution in [3.05, 3.63) is 17.5 Å². The average molecular weight is 260 g/mol. The first kappa shape index (κ1) is 16.5. The molecule has 0 aliphatic carbocycles. The van der Waals surface area contributed by atoms with Gasteiger partial charge in [0.25, 0.3) is 0 Å². The van der Waals surface area contributed by atoms with Crippen LogP contribution in [0.1, 0.15) is 50.3 Å². The smallest absolute Gasteiger partial charge is 0.0638 e. The number of unbranched alkanes of at least 4 members (excludes halogenated alkanes) is 4.